The third-order valence-corrected chi connectivity index (χ3v) is 4.92. The number of ether oxygens (including phenoxy) is 1. The van der Waals surface area contributed by atoms with Crippen LogP contribution in [0.1, 0.15) is 15.9 Å². The largest absolute Gasteiger partial charge is 0.504 e. The van der Waals surface area contributed by atoms with Crippen LogP contribution in [-0.4, -0.2) is 33.4 Å². The van der Waals surface area contributed by atoms with Crippen molar-refractivity contribution in [3.8, 4) is 11.5 Å². The Hall–Kier alpha value is -2.91. The summed E-state index contributed by atoms with van der Waals surface area (Å²) in [6.45, 7) is 0. The van der Waals surface area contributed by atoms with Crippen LogP contribution in [0.2, 0.25) is 0 Å². The van der Waals surface area contributed by atoms with Gasteiger partial charge in [-0.1, -0.05) is 17.8 Å². The number of nitrogens with zero attached hydrogens (tertiary/aromatic N) is 1. The summed E-state index contributed by atoms with van der Waals surface area (Å²) in [6.07, 6.45) is 1.57. The van der Waals surface area contributed by atoms with Crippen LogP contribution in [0, 0.1) is 5.82 Å². The van der Waals surface area contributed by atoms with E-state index in [4.69, 9.17) is 17.0 Å². The summed E-state index contributed by atoms with van der Waals surface area (Å²) in [7, 11) is 1.42. The number of rotatable bonds is 4. The summed E-state index contributed by atoms with van der Waals surface area (Å²) < 4.78 is 18.2. The second-order valence-electron chi connectivity index (χ2n) is 5.40. The van der Waals surface area contributed by atoms with Gasteiger partial charge in [0.25, 0.3) is 11.8 Å². The molecule has 0 aromatic heterocycles. The van der Waals surface area contributed by atoms with Crippen LogP contribution in [0.3, 0.4) is 0 Å². The first-order valence-corrected chi connectivity index (χ1v) is 8.83. The van der Waals surface area contributed by atoms with Gasteiger partial charge in [-0.25, -0.2) is 4.39 Å². The molecule has 6 nitrogen and oxygen atoms in total. The number of carbonyl (C=O) groups excluding carboxylic acids is 2. The van der Waals surface area contributed by atoms with Gasteiger partial charge in [0, 0.05) is 5.56 Å². The Morgan fingerprint density at radius 3 is 2.67 bits per heavy atom. The standard InChI is InChI=1S/C18H13FN2O4S2/c1-25-14-8-10(2-7-13(14)22)9-15-17(24)21(18(26)27-15)20-16(23)11-3-5-12(19)6-4-11/h2-9,22H,1H3,(H,20,23). The molecule has 3 rings (SSSR count). The second kappa shape index (κ2) is 7.77. The van der Waals surface area contributed by atoms with E-state index in [1.54, 1.807) is 18.2 Å². The summed E-state index contributed by atoms with van der Waals surface area (Å²) in [5.74, 6) is -1.30. The molecule has 1 fully saturated rings. The molecule has 1 saturated heterocycles. The fraction of sp³-hybridized carbons (Fsp3) is 0.0556. The second-order valence-corrected chi connectivity index (χ2v) is 7.07. The van der Waals surface area contributed by atoms with Crippen LogP contribution in [0.4, 0.5) is 4.39 Å². The van der Waals surface area contributed by atoms with Gasteiger partial charge in [-0.3, -0.25) is 15.0 Å². The number of hydrogen-bond donors (Lipinski definition) is 2. The average Bonchev–Trinajstić information content (AvgIpc) is 2.91. The van der Waals surface area contributed by atoms with Gasteiger partial charge in [0.1, 0.15) is 5.82 Å². The van der Waals surface area contributed by atoms with E-state index in [-0.39, 0.29) is 21.4 Å². The Bertz CT molecular complexity index is 960. The van der Waals surface area contributed by atoms with Crippen molar-refractivity contribution in [3.63, 3.8) is 0 Å². The number of halogens is 1. The fourth-order valence-corrected chi connectivity index (χ4v) is 3.45. The molecule has 0 spiro atoms. The molecule has 0 aliphatic carbocycles. The smallest absolute Gasteiger partial charge is 0.285 e. The van der Waals surface area contributed by atoms with E-state index < -0.39 is 17.6 Å². The van der Waals surface area contributed by atoms with Gasteiger partial charge >= 0.3 is 0 Å². The highest BCUT2D eigenvalue weighted by atomic mass is 32.2. The van der Waals surface area contributed by atoms with Gasteiger partial charge in [-0.2, -0.15) is 5.01 Å². The molecule has 1 aliphatic heterocycles. The van der Waals surface area contributed by atoms with Crippen molar-refractivity contribution in [2.45, 2.75) is 0 Å². The highest BCUT2D eigenvalue weighted by Gasteiger charge is 2.33. The van der Waals surface area contributed by atoms with Crippen molar-refractivity contribution in [2.75, 3.05) is 7.11 Å². The van der Waals surface area contributed by atoms with E-state index in [1.807, 2.05) is 0 Å². The third-order valence-electron chi connectivity index (χ3n) is 3.62. The van der Waals surface area contributed by atoms with E-state index >= 15 is 0 Å². The molecule has 0 bridgehead atoms. The minimum atomic E-state index is -0.584. The SMILES string of the molecule is COc1cc(C=C2SC(=S)N(NC(=O)c3ccc(F)cc3)C2=O)ccc1O. The number of thioether (sulfide) groups is 1. The van der Waals surface area contributed by atoms with Crippen LogP contribution < -0.4 is 10.2 Å². The van der Waals surface area contributed by atoms with Crippen LogP contribution in [0.25, 0.3) is 6.08 Å². The first-order valence-electron chi connectivity index (χ1n) is 7.60. The molecule has 2 aromatic carbocycles. The molecule has 1 heterocycles. The maximum absolute atomic E-state index is 13.0. The topological polar surface area (TPSA) is 78.9 Å². The van der Waals surface area contributed by atoms with Gasteiger partial charge in [0.15, 0.2) is 15.8 Å². The molecule has 9 heteroatoms. The zero-order chi connectivity index (χ0) is 19.6. The number of carbonyl (C=O) groups is 2. The number of nitrogens with one attached hydrogen (secondary N) is 1. The molecule has 2 amide bonds. The maximum Gasteiger partial charge on any atom is 0.285 e. The third kappa shape index (κ3) is 4.09. The summed E-state index contributed by atoms with van der Waals surface area (Å²) in [5, 5.41) is 10.6. The molecule has 0 radical (unpaired) electrons. The first kappa shape index (κ1) is 18.9. The highest BCUT2D eigenvalue weighted by molar-refractivity contribution is 8.26. The van der Waals surface area contributed by atoms with Crippen molar-refractivity contribution in [1.29, 1.82) is 0 Å². The Morgan fingerprint density at radius 2 is 2.00 bits per heavy atom. The first-order chi connectivity index (χ1) is 12.9. The number of phenolic OH excluding ortho intramolecular Hbond substituents is 1. The number of methoxy groups -OCH3 is 1. The zero-order valence-electron chi connectivity index (χ0n) is 13.9. The van der Waals surface area contributed by atoms with Crippen molar-refractivity contribution in [1.82, 2.24) is 10.4 Å². The van der Waals surface area contributed by atoms with Crippen LogP contribution in [0.15, 0.2) is 47.4 Å². The predicted octanol–water partition coefficient (Wildman–Crippen LogP) is 3.09. The molecular formula is C18H13FN2O4S2. The quantitative estimate of drug-likeness (QED) is 0.602. The molecule has 27 heavy (non-hydrogen) atoms. The molecule has 138 valence electrons. The maximum atomic E-state index is 13.0. The van der Waals surface area contributed by atoms with E-state index in [0.717, 1.165) is 28.9 Å². The molecule has 0 atom stereocenters. The number of benzene rings is 2. The molecule has 0 unspecified atom stereocenters. The summed E-state index contributed by atoms with van der Waals surface area (Å²) in [5.41, 5.74) is 3.23. The molecule has 1 aliphatic rings. The van der Waals surface area contributed by atoms with Gasteiger partial charge in [0.2, 0.25) is 0 Å². The summed E-state index contributed by atoms with van der Waals surface area (Å²) in [6, 6.07) is 9.54. The van der Waals surface area contributed by atoms with Gasteiger partial charge in [-0.05, 0) is 60.3 Å². The lowest BCUT2D eigenvalue weighted by molar-refractivity contribution is -0.123. The number of hydrogen-bond acceptors (Lipinski definition) is 6. The number of thiocarbonyl (C=S) groups is 1. The van der Waals surface area contributed by atoms with Crippen molar-refractivity contribution >= 4 is 46.2 Å². The van der Waals surface area contributed by atoms with Crippen molar-refractivity contribution in [3.05, 3.63) is 64.3 Å². The van der Waals surface area contributed by atoms with E-state index in [1.165, 1.54) is 25.3 Å². The highest BCUT2D eigenvalue weighted by Crippen LogP contribution is 2.33. The number of hydrazine groups is 1. The fourth-order valence-electron chi connectivity index (χ4n) is 2.27. The van der Waals surface area contributed by atoms with Gasteiger partial charge in [0.05, 0.1) is 12.0 Å². The minimum absolute atomic E-state index is 0.0197. The Morgan fingerprint density at radius 1 is 1.30 bits per heavy atom. The summed E-state index contributed by atoms with van der Waals surface area (Å²) >= 11 is 6.18. The van der Waals surface area contributed by atoms with Crippen molar-refractivity contribution in [2.24, 2.45) is 0 Å². The predicted molar refractivity (Wildman–Crippen MR) is 104 cm³/mol. The molecular weight excluding hydrogens is 391 g/mol. The van der Waals surface area contributed by atoms with Crippen molar-refractivity contribution < 1.29 is 23.8 Å². The van der Waals surface area contributed by atoms with E-state index in [0.29, 0.717) is 10.5 Å². The number of aromatic hydroxyl groups is 1. The Balaban J connectivity index is 1.78. The lowest BCUT2D eigenvalue weighted by atomic mass is 10.2. The number of amides is 2. The van der Waals surface area contributed by atoms with Gasteiger partial charge in [-0.15, -0.1) is 0 Å². The Kier molecular flexibility index (Phi) is 5.43. The lowest BCUT2D eigenvalue weighted by Crippen LogP contribution is -2.44. The molecule has 2 N–H and O–H groups in total. The van der Waals surface area contributed by atoms with Crippen LogP contribution in [0.5, 0.6) is 11.5 Å². The zero-order valence-corrected chi connectivity index (χ0v) is 15.6. The molecule has 2 aromatic rings. The Labute approximate surface area is 163 Å². The van der Waals surface area contributed by atoms with E-state index in [9.17, 15) is 19.1 Å². The van der Waals surface area contributed by atoms with Crippen LogP contribution >= 0.6 is 24.0 Å². The van der Waals surface area contributed by atoms with E-state index in [2.05, 4.69) is 5.43 Å². The monoisotopic (exact) mass is 404 g/mol. The lowest BCUT2D eigenvalue weighted by Gasteiger charge is -2.15. The molecule has 0 saturated carbocycles. The number of phenols is 1. The van der Waals surface area contributed by atoms with Gasteiger partial charge < -0.3 is 9.84 Å². The van der Waals surface area contributed by atoms with Crippen LogP contribution in [-0.2, 0) is 4.79 Å². The average molecular weight is 404 g/mol. The summed E-state index contributed by atoms with van der Waals surface area (Å²) in [4.78, 5) is 25.1. The normalized spacial score (nSPS) is 15.3. The minimum Gasteiger partial charge on any atom is -0.504 e.